The van der Waals surface area contributed by atoms with Gasteiger partial charge in [-0.3, -0.25) is 4.40 Å². The van der Waals surface area contributed by atoms with Crippen LogP contribution in [0.3, 0.4) is 0 Å². The number of hydrogen-bond acceptors (Lipinski definition) is 5. The SMILES string of the molecule is COc1ccc(CNc2nc3cc(Br)ccc3n3cnc(C)c23)c(OC)c1. The van der Waals surface area contributed by atoms with Crippen LogP contribution in [0, 0.1) is 6.92 Å². The number of fused-ring (bicyclic) bond motifs is 3. The minimum absolute atomic E-state index is 0.569. The highest BCUT2D eigenvalue weighted by Gasteiger charge is 2.13. The molecule has 2 aromatic carbocycles. The number of imidazole rings is 1. The van der Waals surface area contributed by atoms with Crippen LogP contribution < -0.4 is 14.8 Å². The summed E-state index contributed by atoms with van der Waals surface area (Å²) in [6.45, 7) is 2.56. The van der Waals surface area contributed by atoms with Crippen molar-refractivity contribution in [2.45, 2.75) is 13.5 Å². The number of halogens is 1. The fourth-order valence-corrected chi connectivity index (χ4v) is 3.52. The standard InChI is InChI=1S/C20H19BrN4O2/c1-12-19-20(22-10-13-4-6-15(26-2)9-18(13)27-3)24-16-8-14(21)5-7-17(16)25(19)11-23-12/h4-9,11H,10H2,1-3H3,(H,22,24). The van der Waals surface area contributed by atoms with Gasteiger partial charge in [-0.15, -0.1) is 0 Å². The summed E-state index contributed by atoms with van der Waals surface area (Å²) in [7, 11) is 3.30. The van der Waals surface area contributed by atoms with Crippen molar-refractivity contribution >= 4 is 38.3 Å². The van der Waals surface area contributed by atoms with Crippen molar-refractivity contribution in [2.24, 2.45) is 0 Å². The van der Waals surface area contributed by atoms with Crippen LogP contribution in [-0.2, 0) is 6.54 Å². The summed E-state index contributed by atoms with van der Waals surface area (Å²) >= 11 is 3.52. The number of hydrogen-bond donors (Lipinski definition) is 1. The summed E-state index contributed by atoms with van der Waals surface area (Å²) < 4.78 is 13.8. The van der Waals surface area contributed by atoms with E-state index in [1.54, 1.807) is 14.2 Å². The average molecular weight is 427 g/mol. The zero-order valence-corrected chi connectivity index (χ0v) is 16.9. The largest absolute Gasteiger partial charge is 0.497 e. The Morgan fingerprint density at radius 2 is 1.96 bits per heavy atom. The van der Waals surface area contributed by atoms with Crippen molar-refractivity contribution in [3.8, 4) is 11.5 Å². The first-order chi connectivity index (χ1) is 13.1. The molecule has 0 saturated heterocycles. The number of nitrogens with zero attached hydrogens (tertiary/aromatic N) is 3. The number of aryl methyl sites for hydroxylation is 1. The molecule has 0 saturated carbocycles. The van der Waals surface area contributed by atoms with Gasteiger partial charge in [0.05, 0.1) is 30.9 Å². The first kappa shape index (κ1) is 17.6. The molecule has 0 amide bonds. The quantitative estimate of drug-likeness (QED) is 0.505. The molecule has 0 unspecified atom stereocenters. The minimum Gasteiger partial charge on any atom is -0.497 e. The van der Waals surface area contributed by atoms with E-state index in [2.05, 4.69) is 30.6 Å². The molecular weight excluding hydrogens is 408 g/mol. The maximum absolute atomic E-state index is 5.49. The predicted molar refractivity (Wildman–Crippen MR) is 110 cm³/mol. The monoisotopic (exact) mass is 426 g/mol. The molecule has 0 fully saturated rings. The number of nitrogens with one attached hydrogen (secondary N) is 1. The van der Waals surface area contributed by atoms with Gasteiger partial charge in [0.1, 0.15) is 23.3 Å². The van der Waals surface area contributed by atoms with Gasteiger partial charge in [-0.25, -0.2) is 9.97 Å². The van der Waals surface area contributed by atoms with Crippen LogP contribution >= 0.6 is 15.9 Å². The van der Waals surface area contributed by atoms with Crippen LogP contribution in [0.4, 0.5) is 5.82 Å². The second-order valence-electron chi connectivity index (χ2n) is 6.17. The number of aromatic nitrogens is 3. The molecule has 0 aliphatic carbocycles. The molecule has 0 aliphatic rings. The average Bonchev–Trinajstić information content (AvgIpc) is 3.07. The summed E-state index contributed by atoms with van der Waals surface area (Å²) in [4.78, 5) is 9.30. The first-order valence-electron chi connectivity index (χ1n) is 8.48. The highest BCUT2D eigenvalue weighted by molar-refractivity contribution is 9.10. The Labute approximate surface area is 165 Å². The van der Waals surface area contributed by atoms with E-state index >= 15 is 0 Å². The molecule has 138 valence electrons. The van der Waals surface area contributed by atoms with E-state index in [0.29, 0.717) is 6.54 Å². The number of anilines is 1. The molecule has 27 heavy (non-hydrogen) atoms. The number of methoxy groups -OCH3 is 2. The van der Waals surface area contributed by atoms with Gasteiger partial charge in [-0.05, 0) is 37.3 Å². The molecule has 0 atom stereocenters. The van der Waals surface area contributed by atoms with Crippen molar-refractivity contribution in [1.82, 2.24) is 14.4 Å². The number of rotatable bonds is 5. The van der Waals surface area contributed by atoms with Crippen LogP contribution in [0.15, 0.2) is 47.2 Å². The second-order valence-corrected chi connectivity index (χ2v) is 7.09. The molecule has 0 bridgehead atoms. The Kier molecular flexibility index (Phi) is 4.61. The lowest BCUT2D eigenvalue weighted by molar-refractivity contribution is 0.391. The molecule has 0 spiro atoms. The maximum atomic E-state index is 5.49. The zero-order valence-electron chi connectivity index (χ0n) is 15.3. The molecule has 4 aromatic rings. The van der Waals surface area contributed by atoms with E-state index in [9.17, 15) is 0 Å². The number of benzene rings is 2. The fourth-order valence-electron chi connectivity index (χ4n) is 3.17. The minimum atomic E-state index is 0.569. The molecule has 4 rings (SSSR count). The Bertz CT molecular complexity index is 1140. The van der Waals surface area contributed by atoms with Crippen molar-refractivity contribution in [2.75, 3.05) is 19.5 Å². The van der Waals surface area contributed by atoms with Crippen molar-refractivity contribution in [3.05, 3.63) is 58.5 Å². The van der Waals surface area contributed by atoms with E-state index < -0.39 is 0 Å². The maximum Gasteiger partial charge on any atom is 0.153 e. The highest BCUT2D eigenvalue weighted by Crippen LogP contribution is 2.28. The summed E-state index contributed by atoms with van der Waals surface area (Å²) in [6, 6.07) is 11.8. The normalized spacial score (nSPS) is 11.1. The van der Waals surface area contributed by atoms with E-state index in [1.807, 2.05) is 49.6 Å². The Morgan fingerprint density at radius 1 is 1.11 bits per heavy atom. The van der Waals surface area contributed by atoms with E-state index in [-0.39, 0.29) is 0 Å². The van der Waals surface area contributed by atoms with Crippen molar-refractivity contribution < 1.29 is 9.47 Å². The third-order valence-corrected chi connectivity index (χ3v) is 5.04. The van der Waals surface area contributed by atoms with E-state index in [1.165, 1.54) is 0 Å². The van der Waals surface area contributed by atoms with Gasteiger partial charge >= 0.3 is 0 Å². The van der Waals surface area contributed by atoms with Crippen molar-refractivity contribution in [3.63, 3.8) is 0 Å². The Morgan fingerprint density at radius 3 is 2.74 bits per heavy atom. The Hall–Kier alpha value is -2.80. The van der Waals surface area contributed by atoms with Gasteiger partial charge in [0, 0.05) is 22.6 Å². The number of ether oxygens (including phenoxy) is 2. The third kappa shape index (κ3) is 3.19. The molecule has 2 heterocycles. The molecule has 1 N–H and O–H groups in total. The van der Waals surface area contributed by atoms with Gasteiger partial charge in [0.25, 0.3) is 0 Å². The van der Waals surface area contributed by atoms with Crippen LogP contribution in [0.1, 0.15) is 11.3 Å². The predicted octanol–water partition coefficient (Wildman–Crippen LogP) is 4.58. The molecule has 0 radical (unpaired) electrons. The van der Waals surface area contributed by atoms with Gasteiger partial charge in [0.2, 0.25) is 0 Å². The molecule has 2 aromatic heterocycles. The smallest absolute Gasteiger partial charge is 0.153 e. The van der Waals surface area contributed by atoms with Crippen molar-refractivity contribution in [1.29, 1.82) is 0 Å². The topological polar surface area (TPSA) is 60.7 Å². The summed E-state index contributed by atoms with van der Waals surface area (Å²) in [5, 5.41) is 3.45. The molecule has 7 heteroatoms. The van der Waals surface area contributed by atoms with Crippen LogP contribution in [0.5, 0.6) is 11.5 Å². The summed E-state index contributed by atoms with van der Waals surface area (Å²) in [5.41, 5.74) is 4.82. The highest BCUT2D eigenvalue weighted by atomic mass is 79.9. The van der Waals surface area contributed by atoms with E-state index in [4.69, 9.17) is 14.5 Å². The lowest BCUT2D eigenvalue weighted by Crippen LogP contribution is -2.06. The molecule has 6 nitrogen and oxygen atoms in total. The molecular formula is C20H19BrN4O2. The van der Waals surface area contributed by atoms with Gasteiger partial charge in [0.15, 0.2) is 5.82 Å². The third-order valence-electron chi connectivity index (χ3n) is 4.54. The lowest BCUT2D eigenvalue weighted by Gasteiger charge is -2.14. The van der Waals surface area contributed by atoms with Gasteiger partial charge in [-0.1, -0.05) is 15.9 Å². The zero-order chi connectivity index (χ0) is 19.0. The van der Waals surface area contributed by atoms with Crippen LogP contribution in [0.2, 0.25) is 0 Å². The summed E-state index contributed by atoms with van der Waals surface area (Å²) in [6.07, 6.45) is 1.84. The first-order valence-corrected chi connectivity index (χ1v) is 9.27. The van der Waals surface area contributed by atoms with Gasteiger partial charge in [-0.2, -0.15) is 0 Å². The summed E-state index contributed by atoms with van der Waals surface area (Å²) in [5.74, 6) is 2.32. The van der Waals surface area contributed by atoms with Crippen LogP contribution in [0.25, 0.3) is 16.6 Å². The lowest BCUT2D eigenvalue weighted by atomic mass is 10.2. The fraction of sp³-hybridized carbons (Fsp3) is 0.200. The Balaban J connectivity index is 1.76. The second kappa shape index (κ2) is 7.08. The van der Waals surface area contributed by atoms with Crippen LogP contribution in [-0.4, -0.2) is 28.6 Å². The van der Waals surface area contributed by atoms with Gasteiger partial charge < -0.3 is 14.8 Å². The van der Waals surface area contributed by atoms with E-state index in [0.717, 1.165) is 49.6 Å². The molecule has 0 aliphatic heterocycles.